The molecule has 112 valence electrons. The minimum atomic E-state index is -0.999. The van der Waals surface area contributed by atoms with Gasteiger partial charge in [-0.2, -0.15) is 0 Å². The van der Waals surface area contributed by atoms with Gasteiger partial charge in [0.05, 0.1) is 10.6 Å². The second-order valence-corrected chi connectivity index (χ2v) is 6.83. The van der Waals surface area contributed by atoms with Crippen LogP contribution in [0.15, 0.2) is 12.3 Å². The van der Waals surface area contributed by atoms with Gasteiger partial charge in [0.15, 0.2) is 5.65 Å². The minimum absolute atomic E-state index is 0.132. The summed E-state index contributed by atoms with van der Waals surface area (Å²) in [6.45, 7) is 4.47. The summed E-state index contributed by atoms with van der Waals surface area (Å²) in [7, 11) is 0. The van der Waals surface area contributed by atoms with Crippen molar-refractivity contribution in [1.29, 1.82) is 0 Å². The molecule has 0 aromatic carbocycles. The highest BCUT2D eigenvalue weighted by Crippen LogP contribution is 2.46. The molecule has 1 atom stereocenters. The van der Waals surface area contributed by atoms with Crippen LogP contribution in [0.4, 0.5) is 0 Å². The van der Waals surface area contributed by atoms with E-state index >= 15 is 0 Å². The SMILES string of the molecule is CC1(C)CCCCC1c1nnc2c(Cl)cc(C(=O)O)cn12. The maximum absolute atomic E-state index is 11.2. The smallest absolute Gasteiger partial charge is 0.337 e. The maximum atomic E-state index is 11.2. The zero-order valence-electron chi connectivity index (χ0n) is 12.1. The number of aromatic nitrogens is 3. The van der Waals surface area contributed by atoms with E-state index in [0.717, 1.165) is 25.1 Å². The summed E-state index contributed by atoms with van der Waals surface area (Å²) >= 11 is 6.14. The lowest BCUT2D eigenvalue weighted by atomic mass is 9.68. The Morgan fingerprint density at radius 3 is 2.86 bits per heavy atom. The molecule has 1 N–H and O–H groups in total. The molecule has 3 rings (SSSR count). The summed E-state index contributed by atoms with van der Waals surface area (Å²) in [4.78, 5) is 11.2. The fourth-order valence-corrected chi connectivity index (χ4v) is 3.54. The van der Waals surface area contributed by atoms with Crippen LogP contribution in [-0.2, 0) is 0 Å². The average Bonchev–Trinajstić information content (AvgIpc) is 2.82. The van der Waals surface area contributed by atoms with Crippen molar-refractivity contribution in [3.8, 4) is 0 Å². The number of pyridine rings is 1. The van der Waals surface area contributed by atoms with Gasteiger partial charge in [-0.15, -0.1) is 10.2 Å². The Morgan fingerprint density at radius 1 is 1.43 bits per heavy atom. The summed E-state index contributed by atoms with van der Waals surface area (Å²) in [5.74, 6) is 0.0856. The van der Waals surface area contributed by atoms with E-state index in [1.165, 1.54) is 12.5 Å². The van der Waals surface area contributed by atoms with Crippen LogP contribution in [0.2, 0.25) is 5.02 Å². The molecule has 2 heterocycles. The van der Waals surface area contributed by atoms with E-state index in [9.17, 15) is 9.90 Å². The molecule has 2 aromatic rings. The van der Waals surface area contributed by atoms with Crippen LogP contribution in [0.5, 0.6) is 0 Å². The van der Waals surface area contributed by atoms with Gasteiger partial charge < -0.3 is 5.11 Å². The summed E-state index contributed by atoms with van der Waals surface area (Å²) in [6, 6.07) is 1.42. The molecule has 0 saturated heterocycles. The first kappa shape index (κ1) is 14.3. The molecule has 21 heavy (non-hydrogen) atoms. The normalized spacial score (nSPS) is 21.6. The molecule has 0 spiro atoms. The van der Waals surface area contributed by atoms with Gasteiger partial charge in [-0.3, -0.25) is 4.40 Å². The van der Waals surface area contributed by atoms with Gasteiger partial charge in [0.1, 0.15) is 5.82 Å². The number of nitrogens with zero attached hydrogens (tertiary/aromatic N) is 3. The van der Waals surface area contributed by atoms with Crippen LogP contribution >= 0.6 is 11.6 Å². The summed E-state index contributed by atoms with van der Waals surface area (Å²) in [5.41, 5.74) is 0.813. The lowest BCUT2D eigenvalue weighted by Crippen LogP contribution is -2.27. The van der Waals surface area contributed by atoms with Crippen LogP contribution in [-0.4, -0.2) is 25.7 Å². The second kappa shape index (κ2) is 4.98. The van der Waals surface area contributed by atoms with Gasteiger partial charge in [0, 0.05) is 12.1 Å². The van der Waals surface area contributed by atoms with Gasteiger partial charge in [0.25, 0.3) is 0 Å². The summed E-state index contributed by atoms with van der Waals surface area (Å²) in [6.07, 6.45) is 6.14. The van der Waals surface area contributed by atoms with Gasteiger partial charge in [-0.1, -0.05) is 38.3 Å². The van der Waals surface area contributed by atoms with Crippen molar-refractivity contribution >= 4 is 23.2 Å². The Hall–Kier alpha value is -1.62. The van der Waals surface area contributed by atoms with Crippen molar-refractivity contribution in [1.82, 2.24) is 14.6 Å². The Bertz CT molecular complexity index is 708. The van der Waals surface area contributed by atoms with Crippen LogP contribution in [0.1, 0.15) is 61.6 Å². The molecule has 0 aliphatic heterocycles. The predicted octanol–water partition coefficient (Wildman–Crippen LogP) is 3.76. The van der Waals surface area contributed by atoms with Gasteiger partial charge in [0.2, 0.25) is 0 Å². The predicted molar refractivity (Wildman–Crippen MR) is 79.9 cm³/mol. The first-order chi connectivity index (χ1) is 9.90. The molecule has 0 bridgehead atoms. The number of fused-ring (bicyclic) bond motifs is 1. The second-order valence-electron chi connectivity index (χ2n) is 6.42. The Labute approximate surface area is 127 Å². The Morgan fingerprint density at radius 2 is 2.19 bits per heavy atom. The zero-order chi connectivity index (χ0) is 15.2. The van der Waals surface area contributed by atoms with Crippen molar-refractivity contribution in [3.63, 3.8) is 0 Å². The largest absolute Gasteiger partial charge is 0.478 e. The van der Waals surface area contributed by atoms with Crippen LogP contribution in [0.25, 0.3) is 5.65 Å². The number of carboxylic acid groups (broad SMARTS) is 1. The van der Waals surface area contributed by atoms with Crippen molar-refractivity contribution in [2.45, 2.75) is 45.4 Å². The van der Waals surface area contributed by atoms with Crippen molar-refractivity contribution in [2.24, 2.45) is 5.41 Å². The van der Waals surface area contributed by atoms with E-state index in [4.69, 9.17) is 11.6 Å². The maximum Gasteiger partial charge on any atom is 0.337 e. The van der Waals surface area contributed by atoms with Gasteiger partial charge in [-0.25, -0.2) is 4.79 Å². The van der Waals surface area contributed by atoms with Crippen molar-refractivity contribution in [2.75, 3.05) is 0 Å². The molecule has 5 nitrogen and oxygen atoms in total. The number of hydrogen-bond donors (Lipinski definition) is 1. The van der Waals surface area contributed by atoms with E-state index in [1.54, 1.807) is 10.6 Å². The molecule has 1 aliphatic rings. The Balaban J connectivity index is 2.17. The van der Waals surface area contributed by atoms with E-state index in [1.807, 2.05) is 0 Å². The van der Waals surface area contributed by atoms with Crippen molar-refractivity contribution in [3.05, 3.63) is 28.7 Å². The topological polar surface area (TPSA) is 67.5 Å². The van der Waals surface area contributed by atoms with E-state index in [0.29, 0.717) is 10.7 Å². The summed E-state index contributed by atoms with van der Waals surface area (Å²) < 4.78 is 1.75. The van der Waals surface area contributed by atoms with Gasteiger partial charge >= 0.3 is 5.97 Å². The first-order valence-electron chi connectivity index (χ1n) is 7.17. The number of hydrogen-bond acceptors (Lipinski definition) is 3. The molecule has 1 saturated carbocycles. The molecule has 2 aromatic heterocycles. The lowest BCUT2D eigenvalue weighted by Gasteiger charge is -2.37. The number of carboxylic acids is 1. The third-order valence-electron chi connectivity index (χ3n) is 4.55. The number of carbonyl (C=O) groups is 1. The Kier molecular flexibility index (Phi) is 3.40. The molecular weight excluding hydrogens is 290 g/mol. The fourth-order valence-electron chi connectivity index (χ4n) is 3.30. The van der Waals surface area contributed by atoms with Gasteiger partial charge in [-0.05, 0) is 24.3 Å². The van der Waals surface area contributed by atoms with Crippen molar-refractivity contribution < 1.29 is 9.90 Å². The monoisotopic (exact) mass is 307 g/mol. The van der Waals surface area contributed by atoms with Crippen LogP contribution in [0, 0.1) is 5.41 Å². The molecule has 1 fully saturated rings. The molecule has 1 aliphatic carbocycles. The minimum Gasteiger partial charge on any atom is -0.478 e. The fraction of sp³-hybridized carbons (Fsp3) is 0.533. The highest BCUT2D eigenvalue weighted by molar-refractivity contribution is 6.33. The van der Waals surface area contributed by atoms with E-state index < -0.39 is 5.97 Å². The highest BCUT2D eigenvalue weighted by Gasteiger charge is 2.36. The average molecular weight is 308 g/mol. The first-order valence-corrected chi connectivity index (χ1v) is 7.55. The third kappa shape index (κ3) is 2.39. The number of halogens is 1. The zero-order valence-corrected chi connectivity index (χ0v) is 12.9. The number of rotatable bonds is 2. The molecule has 0 amide bonds. The van der Waals surface area contributed by atoms with Crippen LogP contribution < -0.4 is 0 Å². The molecule has 6 heteroatoms. The molecular formula is C15H18ClN3O2. The van der Waals surface area contributed by atoms with E-state index in [-0.39, 0.29) is 16.9 Å². The molecule has 1 unspecified atom stereocenters. The quantitative estimate of drug-likeness (QED) is 0.917. The third-order valence-corrected chi connectivity index (χ3v) is 4.83. The van der Waals surface area contributed by atoms with E-state index in [2.05, 4.69) is 24.0 Å². The van der Waals surface area contributed by atoms with Crippen LogP contribution in [0.3, 0.4) is 0 Å². The number of aromatic carboxylic acids is 1. The highest BCUT2D eigenvalue weighted by atomic mass is 35.5. The standard InChI is InChI=1S/C15H18ClN3O2/c1-15(2)6-4-3-5-10(15)12-17-18-13-11(16)7-9(14(20)21)8-19(12)13/h7-8,10H,3-6H2,1-2H3,(H,20,21). The lowest BCUT2D eigenvalue weighted by molar-refractivity contribution is 0.0696. The molecule has 0 radical (unpaired) electrons. The summed E-state index contributed by atoms with van der Waals surface area (Å²) in [5, 5.41) is 18.0.